The van der Waals surface area contributed by atoms with Crippen LogP contribution in [0, 0.1) is 0 Å². The highest BCUT2D eigenvalue weighted by Gasteiger charge is 2.10. The van der Waals surface area contributed by atoms with Crippen LogP contribution in [0.2, 0.25) is 0 Å². The molecule has 0 amide bonds. The van der Waals surface area contributed by atoms with Crippen LogP contribution < -0.4 is 4.74 Å². The van der Waals surface area contributed by atoms with Crippen molar-refractivity contribution in [2.45, 2.75) is 123 Å². The molecule has 0 saturated carbocycles. The molecule has 2 heteroatoms. The SMILES string of the molecule is CCCCCCCCCCCCCCOc1ccc(-c2ccccc2-c2ccc(C(C)OCCCCC)cc2)cc1. The Labute approximate surface area is 251 Å². The Kier molecular flexibility index (Phi) is 16.3. The van der Waals surface area contributed by atoms with Gasteiger partial charge in [0.05, 0.1) is 12.7 Å². The fraction of sp³-hybridized carbons (Fsp3) is 0.538. The van der Waals surface area contributed by atoms with Crippen molar-refractivity contribution < 1.29 is 9.47 Å². The molecular formula is C39H56O2. The number of benzene rings is 3. The van der Waals surface area contributed by atoms with E-state index in [0.717, 1.165) is 31.8 Å². The largest absolute Gasteiger partial charge is 0.494 e. The van der Waals surface area contributed by atoms with Crippen molar-refractivity contribution in [3.05, 3.63) is 78.4 Å². The van der Waals surface area contributed by atoms with Gasteiger partial charge in [0, 0.05) is 6.61 Å². The maximum atomic E-state index is 6.07. The molecule has 1 unspecified atom stereocenters. The maximum absolute atomic E-state index is 6.07. The van der Waals surface area contributed by atoms with Crippen molar-refractivity contribution in [2.75, 3.05) is 13.2 Å². The molecule has 0 N–H and O–H groups in total. The van der Waals surface area contributed by atoms with Gasteiger partial charge in [-0.05, 0) is 59.7 Å². The summed E-state index contributed by atoms with van der Waals surface area (Å²) in [6, 6.07) is 26.2. The smallest absolute Gasteiger partial charge is 0.119 e. The quantitative estimate of drug-likeness (QED) is 0.115. The predicted octanol–water partition coefficient (Wildman–Crippen LogP) is 12.4. The van der Waals surface area contributed by atoms with Crippen molar-refractivity contribution in [2.24, 2.45) is 0 Å². The molecule has 0 fully saturated rings. The standard InChI is InChI=1S/C39H56O2/c1-4-6-8-9-10-11-12-13-14-15-16-20-32-41-37-29-27-36(28-30-37)39-22-18-17-21-38(39)35-25-23-34(24-26-35)33(3)40-31-19-7-5-2/h17-18,21-30,33H,4-16,19-20,31-32H2,1-3H3. The van der Waals surface area contributed by atoms with E-state index in [2.05, 4.69) is 93.6 Å². The van der Waals surface area contributed by atoms with Gasteiger partial charge in [-0.15, -0.1) is 0 Å². The Morgan fingerprint density at radius 3 is 1.46 bits per heavy atom. The van der Waals surface area contributed by atoms with E-state index < -0.39 is 0 Å². The molecule has 2 nitrogen and oxygen atoms in total. The third-order valence-electron chi connectivity index (χ3n) is 8.17. The third-order valence-corrected chi connectivity index (χ3v) is 8.17. The number of hydrogen-bond acceptors (Lipinski definition) is 2. The van der Waals surface area contributed by atoms with E-state index in [-0.39, 0.29) is 6.10 Å². The van der Waals surface area contributed by atoms with Gasteiger partial charge in [-0.1, -0.05) is 158 Å². The highest BCUT2D eigenvalue weighted by Crippen LogP contribution is 2.33. The van der Waals surface area contributed by atoms with Crippen LogP contribution in [0.1, 0.15) is 129 Å². The van der Waals surface area contributed by atoms with E-state index in [9.17, 15) is 0 Å². The minimum absolute atomic E-state index is 0.124. The average molecular weight is 557 g/mol. The Balaban J connectivity index is 1.40. The summed E-state index contributed by atoms with van der Waals surface area (Å²) in [5.74, 6) is 0.964. The van der Waals surface area contributed by atoms with E-state index in [1.807, 2.05) is 0 Å². The molecule has 3 aromatic carbocycles. The van der Waals surface area contributed by atoms with Gasteiger partial charge in [0.15, 0.2) is 0 Å². The first-order chi connectivity index (χ1) is 20.2. The van der Waals surface area contributed by atoms with Crippen molar-refractivity contribution >= 4 is 0 Å². The monoisotopic (exact) mass is 556 g/mol. The highest BCUT2D eigenvalue weighted by molar-refractivity contribution is 5.83. The van der Waals surface area contributed by atoms with Gasteiger partial charge in [0.25, 0.3) is 0 Å². The first-order valence-corrected chi connectivity index (χ1v) is 16.8. The lowest BCUT2D eigenvalue weighted by molar-refractivity contribution is 0.0630. The van der Waals surface area contributed by atoms with E-state index in [4.69, 9.17) is 9.47 Å². The summed E-state index contributed by atoms with van der Waals surface area (Å²) in [6.45, 7) is 8.30. The summed E-state index contributed by atoms with van der Waals surface area (Å²) < 4.78 is 12.1. The van der Waals surface area contributed by atoms with E-state index >= 15 is 0 Å². The van der Waals surface area contributed by atoms with Crippen molar-refractivity contribution in [1.29, 1.82) is 0 Å². The molecule has 41 heavy (non-hydrogen) atoms. The summed E-state index contributed by atoms with van der Waals surface area (Å²) in [6.07, 6.45) is 20.1. The Hall–Kier alpha value is -2.58. The summed E-state index contributed by atoms with van der Waals surface area (Å²) in [5.41, 5.74) is 6.18. The molecule has 0 aliphatic rings. The van der Waals surface area contributed by atoms with Gasteiger partial charge < -0.3 is 9.47 Å². The van der Waals surface area contributed by atoms with Crippen LogP contribution in [0.5, 0.6) is 5.75 Å². The summed E-state index contributed by atoms with van der Waals surface area (Å²) in [7, 11) is 0. The Bertz CT molecular complexity index is 1050. The molecule has 0 spiro atoms. The normalized spacial score (nSPS) is 12.0. The minimum atomic E-state index is 0.124. The zero-order valence-corrected chi connectivity index (χ0v) is 26.3. The van der Waals surface area contributed by atoms with Gasteiger partial charge in [0.2, 0.25) is 0 Å². The molecule has 3 aromatic rings. The lowest BCUT2D eigenvalue weighted by Gasteiger charge is -2.15. The summed E-state index contributed by atoms with van der Waals surface area (Å²) in [4.78, 5) is 0. The van der Waals surface area contributed by atoms with Crippen LogP contribution in [0.15, 0.2) is 72.8 Å². The second-order valence-corrected chi connectivity index (χ2v) is 11.6. The number of unbranched alkanes of at least 4 members (excludes halogenated alkanes) is 13. The lowest BCUT2D eigenvalue weighted by atomic mass is 9.94. The summed E-state index contributed by atoms with van der Waals surface area (Å²) in [5, 5.41) is 0. The molecule has 0 bridgehead atoms. The maximum Gasteiger partial charge on any atom is 0.119 e. The van der Waals surface area contributed by atoms with Crippen molar-refractivity contribution in [1.82, 2.24) is 0 Å². The Morgan fingerprint density at radius 2 is 0.927 bits per heavy atom. The molecular weight excluding hydrogens is 500 g/mol. The molecule has 0 aliphatic carbocycles. The lowest BCUT2D eigenvalue weighted by Crippen LogP contribution is -2.01. The van der Waals surface area contributed by atoms with E-state index in [0.29, 0.717) is 0 Å². The van der Waals surface area contributed by atoms with Crippen LogP contribution in [0.3, 0.4) is 0 Å². The van der Waals surface area contributed by atoms with Crippen molar-refractivity contribution in [3.8, 4) is 28.0 Å². The first kappa shape index (κ1) is 32.9. The second kappa shape index (κ2) is 20.3. The van der Waals surface area contributed by atoms with Gasteiger partial charge in [-0.2, -0.15) is 0 Å². The zero-order chi connectivity index (χ0) is 29.0. The molecule has 0 radical (unpaired) electrons. The molecule has 0 aliphatic heterocycles. The van der Waals surface area contributed by atoms with Gasteiger partial charge in [0.1, 0.15) is 5.75 Å². The minimum Gasteiger partial charge on any atom is -0.494 e. The first-order valence-electron chi connectivity index (χ1n) is 16.8. The molecule has 224 valence electrons. The molecule has 0 saturated heterocycles. The van der Waals surface area contributed by atoms with Crippen LogP contribution in [-0.4, -0.2) is 13.2 Å². The number of hydrogen-bond donors (Lipinski definition) is 0. The van der Waals surface area contributed by atoms with Crippen LogP contribution >= 0.6 is 0 Å². The number of ether oxygens (including phenoxy) is 2. The molecule has 0 aromatic heterocycles. The van der Waals surface area contributed by atoms with Gasteiger partial charge >= 0.3 is 0 Å². The van der Waals surface area contributed by atoms with Crippen molar-refractivity contribution in [3.63, 3.8) is 0 Å². The molecule has 1 atom stereocenters. The van der Waals surface area contributed by atoms with Crippen LogP contribution in [0.25, 0.3) is 22.3 Å². The average Bonchev–Trinajstić information content (AvgIpc) is 3.02. The molecule has 0 heterocycles. The van der Waals surface area contributed by atoms with E-state index in [1.165, 1.54) is 111 Å². The topological polar surface area (TPSA) is 18.5 Å². The fourth-order valence-corrected chi connectivity index (χ4v) is 5.49. The zero-order valence-electron chi connectivity index (χ0n) is 26.3. The predicted molar refractivity (Wildman–Crippen MR) is 178 cm³/mol. The molecule has 3 rings (SSSR count). The number of rotatable bonds is 22. The highest BCUT2D eigenvalue weighted by atomic mass is 16.5. The second-order valence-electron chi connectivity index (χ2n) is 11.6. The van der Waals surface area contributed by atoms with Crippen LogP contribution in [0.4, 0.5) is 0 Å². The Morgan fingerprint density at radius 1 is 0.488 bits per heavy atom. The summed E-state index contributed by atoms with van der Waals surface area (Å²) >= 11 is 0. The van der Waals surface area contributed by atoms with Gasteiger partial charge in [-0.25, -0.2) is 0 Å². The third kappa shape index (κ3) is 12.4. The van der Waals surface area contributed by atoms with Gasteiger partial charge in [-0.3, -0.25) is 0 Å². The van der Waals surface area contributed by atoms with Crippen LogP contribution in [-0.2, 0) is 4.74 Å². The fourth-order valence-electron chi connectivity index (χ4n) is 5.49. The van der Waals surface area contributed by atoms with E-state index in [1.54, 1.807) is 0 Å².